The molecule has 1 saturated carbocycles. The quantitative estimate of drug-likeness (QED) is 0.575. The Morgan fingerprint density at radius 3 is 2.48 bits per heavy atom. The van der Waals surface area contributed by atoms with Gasteiger partial charge in [-0.25, -0.2) is 4.68 Å². The molecule has 1 aromatic heterocycles. The molecule has 0 bridgehead atoms. The number of nitrogens with zero attached hydrogens (tertiary/aromatic N) is 4. The topological polar surface area (TPSA) is 110 Å². The number of amides is 1. The zero-order chi connectivity index (χ0) is 21.1. The number of nitrogens with one attached hydrogen (secondary N) is 1. The van der Waals surface area contributed by atoms with Gasteiger partial charge in [-0.1, -0.05) is 76.1 Å². The normalized spacial score (nSPS) is 16.2. The number of hydrogen-bond acceptors (Lipinski definition) is 6. The van der Waals surface area contributed by atoms with Crippen LogP contribution in [0.4, 0.5) is 0 Å². The fourth-order valence-corrected chi connectivity index (χ4v) is 4.20. The number of carbonyl (C=O) groups excluding carboxylic acids is 1. The van der Waals surface area contributed by atoms with Gasteiger partial charge in [-0.3, -0.25) is 4.79 Å². The molecule has 0 radical (unpaired) electrons. The molecular formula is C21H28N6OS. The Hall–Kier alpha value is -2.53. The number of thioether (sulfide) groups is 1. The summed E-state index contributed by atoms with van der Waals surface area (Å²) in [5, 5.41) is 21.2. The first-order valence-electron chi connectivity index (χ1n) is 9.91. The number of nitrogen functional groups attached to an aromatic ring is 1. The van der Waals surface area contributed by atoms with Crippen molar-refractivity contribution in [2.24, 2.45) is 0 Å². The van der Waals surface area contributed by atoms with Gasteiger partial charge in [0.15, 0.2) is 5.82 Å². The van der Waals surface area contributed by atoms with Crippen LogP contribution in [0.5, 0.6) is 0 Å². The van der Waals surface area contributed by atoms with Crippen molar-refractivity contribution < 1.29 is 4.79 Å². The molecule has 0 aliphatic heterocycles. The molecule has 0 atom stereocenters. The summed E-state index contributed by atoms with van der Waals surface area (Å²) in [6, 6.07) is 10.4. The van der Waals surface area contributed by atoms with E-state index in [9.17, 15) is 10.1 Å². The van der Waals surface area contributed by atoms with Crippen LogP contribution >= 0.6 is 11.8 Å². The van der Waals surface area contributed by atoms with E-state index in [-0.39, 0.29) is 17.1 Å². The second kappa shape index (κ2) is 8.46. The Morgan fingerprint density at radius 2 is 1.90 bits per heavy atom. The summed E-state index contributed by atoms with van der Waals surface area (Å²) in [6.07, 6.45) is 4.47. The molecule has 2 aromatic rings. The maximum atomic E-state index is 12.4. The highest BCUT2D eigenvalue weighted by Gasteiger charge is 2.33. The lowest BCUT2D eigenvalue weighted by Crippen LogP contribution is -2.49. The van der Waals surface area contributed by atoms with Crippen molar-refractivity contribution in [3.63, 3.8) is 0 Å². The lowest BCUT2D eigenvalue weighted by molar-refractivity contribution is -0.120. The van der Waals surface area contributed by atoms with Crippen molar-refractivity contribution >= 4 is 17.7 Å². The van der Waals surface area contributed by atoms with Gasteiger partial charge in [0.1, 0.15) is 5.54 Å². The highest BCUT2D eigenvalue weighted by atomic mass is 32.2. The van der Waals surface area contributed by atoms with Gasteiger partial charge in [0.2, 0.25) is 11.1 Å². The van der Waals surface area contributed by atoms with Crippen LogP contribution in [0.15, 0.2) is 29.4 Å². The van der Waals surface area contributed by atoms with Crippen LogP contribution in [-0.4, -0.2) is 32.1 Å². The number of carbonyl (C=O) groups is 1. The van der Waals surface area contributed by atoms with Crippen molar-refractivity contribution in [2.45, 2.75) is 69.0 Å². The summed E-state index contributed by atoms with van der Waals surface area (Å²) in [5.41, 5.74) is 1.44. The second-order valence-corrected chi connectivity index (χ2v) is 9.54. The van der Waals surface area contributed by atoms with Crippen molar-refractivity contribution in [2.75, 3.05) is 11.6 Å². The van der Waals surface area contributed by atoms with Gasteiger partial charge < -0.3 is 11.2 Å². The standard InChI is InChI=1S/C21H28N6OS/c1-20(2,3)16-9-7-15(8-10-16)18-25-26-19(27(18)23)29-13-17(28)24-21(14-22)11-5-4-6-12-21/h7-10H,4-6,11-13,23H2,1-3H3,(H,24,28). The minimum absolute atomic E-state index is 0.0718. The molecule has 0 spiro atoms. The molecule has 29 heavy (non-hydrogen) atoms. The number of nitrogens with two attached hydrogens (primary N) is 1. The average molecular weight is 413 g/mol. The lowest BCUT2D eigenvalue weighted by Gasteiger charge is -2.31. The number of benzene rings is 1. The van der Waals surface area contributed by atoms with Crippen LogP contribution in [0.1, 0.15) is 58.4 Å². The molecule has 1 heterocycles. The van der Waals surface area contributed by atoms with Crippen LogP contribution in [0.25, 0.3) is 11.4 Å². The third kappa shape index (κ3) is 4.91. The van der Waals surface area contributed by atoms with E-state index >= 15 is 0 Å². The van der Waals surface area contributed by atoms with Crippen molar-refractivity contribution in [3.8, 4) is 17.5 Å². The van der Waals surface area contributed by atoms with E-state index in [1.165, 1.54) is 22.0 Å². The zero-order valence-electron chi connectivity index (χ0n) is 17.2. The summed E-state index contributed by atoms with van der Waals surface area (Å²) in [6.45, 7) is 6.49. The van der Waals surface area contributed by atoms with E-state index < -0.39 is 5.54 Å². The molecule has 7 nitrogen and oxygen atoms in total. The predicted octanol–water partition coefficient (Wildman–Crippen LogP) is 3.39. The molecule has 1 fully saturated rings. The predicted molar refractivity (Wildman–Crippen MR) is 115 cm³/mol. The van der Waals surface area contributed by atoms with Crippen LogP contribution in [-0.2, 0) is 10.2 Å². The van der Waals surface area contributed by atoms with Crippen molar-refractivity contribution in [1.29, 1.82) is 5.26 Å². The Morgan fingerprint density at radius 1 is 1.24 bits per heavy atom. The first-order valence-corrected chi connectivity index (χ1v) is 10.9. The SMILES string of the molecule is CC(C)(C)c1ccc(-c2nnc(SCC(=O)NC3(C#N)CCCCC3)n2N)cc1. The van der Waals surface area contributed by atoms with E-state index in [0.29, 0.717) is 23.8 Å². The van der Waals surface area contributed by atoms with Crippen LogP contribution in [0.3, 0.4) is 0 Å². The fourth-order valence-electron chi connectivity index (χ4n) is 3.54. The molecule has 1 aliphatic rings. The van der Waals surface area contributed by atoms with Gasteiger partial charge in [-0.2, -0.15) is 5.26 Å². The number of aromatic nitrogens is 3. The van der Waals surface area contributed by atoms with Gasteiger partial charge in [0.25, 0.3) is 0 Å². The molecular weight excluding hydrogens is 384 g/mol. The molecule has 3 rings (SSSR count). The Kier molecular flexibility index (Phi) is 6.18. The Labute approximate surface area is 176 Å². The van der Waals surface area contributed by atoms with Crippen molar-refractivity contribution in [3.05, 3.63) is 29.8 Å². The van der Waals surface area contributed by atoms with Crippen LogP contribution in [0.2, 0.25) is 0 Å². The summed E-state index contributed by atoms with van der Waals surface area (Å²) in [7, 11) is 0. The van der Waals surface area contributed by atoms with E-state index in [1.807, 2.05) is 12.1 Å². The minimum Gasteiger partial charge on any atom is -0.337 e. The van der Waals surface area contributed by atoms with Crippen LogP contribution in [0, 0.1) is 11.3 Å². The Balaban J connectivity index is 1.64. The highest BCUT2D eigenvalue weighted by Crippen LogP contribution is 2.29. The first-order chi connectivity index (χ1) is 13.7. The monoisotopic (exact) mass is 412 g/mol. The molecule has 3 N–H and O–H groups in total. The van der Waals surface area contributed by atoms with Gasteiger partial charge in [0, 0.05) is 5.56 Å². The second-order valence-electron chi connectivity index (χ2n) is 8.59. The summed E-state index contributed by atoms with van der Waals surface area (Å²) < 4.78 is 1.41. The van der Waals surface area contributed by atoms with Gasteiger partial charge >= 0.3 is 0 Å². The molecule has 1 aliphatic carbocycles. The lowest BCUT2D eigenvalue weighted by atomic mass is 9.83. The third-order valence-electron chi connectivity index (χ3n) is 5.31. The van der Waals surface area contributed by atoms with Crippen molar-refractivity contribution in [1.82, 2.24) is 20.2 Å². The summed E-state index contributed by atoms with van der Waals surface area (Å²) in [4.78, 5) is 12.4. The molecule has 0 saturated heterocycles. The van der Waals surface area contributed by atoms with E-state index in [2.05, 4.69) is 54.5 Å². The average Bonchev–Trinajstić information content (AvgIpc) is 3.07. The van der Waals surface area contributed by atoms with Gasteiger partial charge in [-0.15, -0.1) is 10.2 Å². The molecule has 1 aromatic carbocycles. The van der Waals surface area contributed by atoms with Gasteiger partial charge in [-0.05, 0) is 23.8 Å². The maximum absolute atomic E-state index is 12.4. The van der Waals surface area contributed by atoms with E-state index in [1.54, 1.807) is 0 Å². The molecule has 1 amide bonds. The molecule has 0 unspecified atom stereocenters. The minimum atomic E-state index is -0.730. The molecule has 154 valence electrons. The first kappa shape index (κ1) is 21.2. The fraction of sp³-hybridized carbons (Fsp3) is 0.524. The number of rotatable bonds is 5. The summed E-state index contributed by atoms with van der Waals surface area (Å²) in [5.74, 6) is 6.68. The largest absolute Gasteiger partial charge is 0.337 e. The van der Waals surface area contributed by atoms with E-state index in [0.717, 1.165) is 24.8 Å². The van der Waals surface area contributed by atoms with Gasteiger partial charge in [0.05, 0.1) is 11.8 Å². The summed E-state index contributed by atoms with van der Waals surface area (Å²) >= 11 is 1.22. The maximum Gasteiger partial charge on any atom is 0.231 e. The highest BCUT2D eigenvalue weighted by molar-refractivity contribution is 7.99. The smallest absolute Gasteiger partial charge is 0.231 e. The van der Waals surface area contributed by atoms with Crippen LogP contribution < -0.4 is 11.2 Å². The molecule has 8 heteroatoms. The number of hydrogen-bond donors (Lipinski definition) is 2. The number of nitriles is 1. The Bertz CT molecular complexity index is 901. The zero-order valence-corrected chi connectivity index (χ0v) is 18.1. The third-order valence-corrected chi connectivity index (χ3v) is 6.25. The van der Waals surface area contributed by atoms with E-state index in [4.69, 9.17) is 5.84 Å².